The number of alkyl halides is 2. The van der Waals surface area contributed by atoms with Gasteiger partial charge in [0, 0.05) is 29.7 Å². The van der Waals surface area contributed by atoms with E-state index < -0.39 is 5.79 Å². The second-order valence-electron chi connectivity index (χ2n) is 3.87. The van der Waals surface area contributed by atoms with Crippen LogP contribution in [-0.4, -0.2) is 22.7 Å². The average molecular weight is 409 g/mol. The lowest BCUT2D eigenvalue weighted by atomic mass is 9.99. The Morgan fingerprint density at radius 3 is 2.65 bits per heavy atom. The van der Waals surface area contributed by atoms with E-state index in [1.54, 1.807) is 7.11 Å². The van der Waals surface area contributed by atoms with Crippen molar-refractivity contribution in [1.82, 2.24) is 0 Å². The topological polar surface area (TPSA) is 18.5 Å². The minimum Gasteiger partial charge on any atom is -0.348 e. The molecule has 0 saturated carbocycles. The van der Waals surface area contributed by atoms with E-state index in [2.05, 4.69) is 31.9 Å². The molecule has 0 saturated heterocycles. The molecule has 0 aromatic rings. The van der Waals surface area contributed by atoms with Gasteiger partial charge in [0.2, 0.25) is 5.79 Å². The van der Waals surface area contributed by atoms with Crippen LogP contribution in [0.3, 0.4) is 0 Å². The first-order valence-electron chi connectivity index (χ1n) is 5.02. The van der Waals surface area contributed by atoms with Crippen LogP contribution < -0.4 is 0 Å². The van der Waals surface area contributed by atoms with Crippen LogP contribution in [0.5, 0.6) is 0 Å². The molecule has 0 unspecified atom stereocenters. The zero-order valence-corrected chi connectivity index (χ0v) is 14.5. The van der Waals surface area contributed by atoms with Gasteiger partial charge in [0.15, 0.2) is 0 Å². The van der Waals surface area contributed by atoms with E-state index >= 15 is 0 Å². The Labute approximate surface area is 129 Å². The molecule has 0 aromatic heterocycles. The fraction of sp³-hybridized carbons (Fsp3) is 0.636. The summed E-state index contributed by atoms with van der Waals surface area (Å²) >= 11 is 18.9. The standard InChI is InChI=1S/C11H14Br2Cl2O2/c1-6(5-14)9-4-8(15)7(2)11(16-3,17-9)10(12)13/h5,9-10H,4H2,1-3H3/b6-5-/t9-,11+/m0/s1. The first-order valence-corrected chi connectivity index (χ1v) is 7.67. The molecule has 17 heavy (non-hydrogen) atoms. The third kappa shape index (κ3) is 3.10. The van der Waals surface area contributed by atoms with Crippen LogP contribution in [0.15, 0.2) is 21.7 Å². The summed E-state index contributed by atoms with van der Waals surface area (Å²) < 4.78 is 11.3. The Morgan fingerprint density at radius 2 is 2.24 bits per heavy atom. The van der Waals surface area contributed by atoms with Gasteiger partial charge in [-0.3, -0.25) is 0 Å². The lowest BCUT2D eigenvalue weighted by Crippen LogP contribution is -2.48. The molecule has 6 heteroatoms. The molecule has 0 N–H and O–H groups in total. The number of rotatable bonds is 3. The summed E-state index contributed by atoms with van der Waals surface area (Å²) in [4.78, 5) is 0. The van der Waals surface area contributed by atoms with Crippen molar-refractivity contribution in [2.75, 3.05) is 7.11 Å². The number of halogens is 4. The summed E-state index contributed by atoms with van der Waals surface area (Å²) in [5.41, 5.74) is 3.28. The molecule has 0 radical (unpaired) electrons. The smallest absolute Gasteiger partial charge is 0.215 e. The van der Waals surface area contributed by atoms with Crippen molar-refractivity contribution < 1.29 is 9.47 Å². The largest absolute Gasteiger partial charge is 0.348 e. The summed E-state index contributed by atoms with van der Waals surface area (Å²) in [5.74, 6) is -0.916. The van der Waals surface area contributed by atoms with Gasteiger partial charge in [0.05, 0.1) is 6.10 Å². The third-order valence-corrected chi connectivity index (χ3v) is 4.87. The van der Waals surface area contributed by atoms with Crippen LogP contribution >= 0.6 is 55.1 Å². The molecule has 0 fully saturated rings. The van der Waals surface area contributed by atoms with Crippen LogP contribution in [0.4, 0.5) is 0 Å². The molecule has 0 spiro atoms. The molecule has 1 aliphatic heterocycles. The zero-order valence-electron chi connectivity index (χ0n) is 9.77. The molecular formula is C11H14Br2Cl2O2. The number of ether oxygens (including phenoxy) is 2. The summed E-state index contributed by atoms with van der Waals surface area (Å²) in [6, 6.07) is 0. The van der Waals surface area contributed by atoms with Gasteiger partial charge < -0.3 is 9.47 Å². The summed E-state index contributed by atoms with van der Waals surface area (Å²) in [7, 11) is 1.59. The molecular weight excluding hydrogens is 395 g/mol. The maximum atomic E-state index is 6.28. The molecule has 2 atom stereocenters. The Hall–Kier alpha value is 0.940. The van der Waals surface area contributed by atoms with Gasteiger partial charge in [-0.05, 0) is 19.4 Å². The Morgan fingerprint density at radius 1 is 1.65 bits per heavy atom. The van der Waals surface area contributed by atoms with Gasteiger partial charge in [-0.2, -0.15) is 0 Å². The predicted octanol–water partition coefficient (Wildman–Crippen LogP) is 4.89. The number of hydrogen-bond acceptors (Lipinski definition) is 2. The highest BCUT2D eigenvalue weighted by Crippen LogP contribution is 2.44. The molecule has 0 aromatic carbocycles. The second kappa shape index (κ2) is 6.40. The van der Waals surface area contributed by atoms with Gasteiger partial charge >= 0.3 is 0 Å². The zero-order chi connectivity index (χ0) is 13.2. The van der Waals surface area contributed by atoms with Crippen LogP contribution in [0, 0.1) is 0 Å². The Balaban J connectivity index is 3.17. The lowest BCUT2D eigenvalue weighted by Gasteiger charge is -2.42. The highest BCUT2D eigenvalue weighted by Gasteiger charge is 2.46. The van der Waals surface area contributed by atoms with E-state index in [0.717, 1.165) is 16.2 Å². The van der Waals surface area contributed by atoms with Gasteiger partial charge in [-0.15, -0.1) is 0 Å². The Bertz CT molecular complexity index is 355. The van der Waals surface area contributed by atoms with Crippen molar-refractivity contribution >= 4 is 55.1 Å². The van der Waals surface area contributed by atoms with Crippen molar-refractivity contribution in [2.24, 2.45) is 0 Å². The molecule has 98 valence electrons. The van der Waals surface area contributed by atoms with Gasteiger partial charge in [0.1, 0.15) is 3.74 Å². The van der Waals surface area contributed by atoms with E-state index in [0.29, 0.717) is 6.42 Å². The summed E-state index contributed by atoms with van der Waals surface area (Å²) in [6.07, 6.45) is 0.432. The quantitative estimate of drug-likeness (QED) is 0.619. The maximum absolute atomic E-state index is 6.28. The molecule has 0 bridgehead atoms. The van der Waals surface area contributed by atoms with E-state index in [1.165, 1.54) is 5.54 Å². The van der Waals surface area contributed by atoms with Crippen LogP contribution in [-0.2, 0) is 9.47 Å². The SMILES string of the molecule is CO[C@@]1(C(Br)Br)O[C@H](/C(C)=C\Cl)CC(Cl)=C1C. The molecule has 0 amide bonds. The monoisotopic (exact) mass is 406 g/mol. The molecule has 2 nitrogen and oxygen atoms in total. The van der Waals surface area contributed by atoms with Crippen molar-refractivity contribution in [3.63, 3.8) is 0 Å². The number of hydrogen-bond donors (Lipinski definition) is 0. The second-order valence-corrected chi connectivity index (χ2v) is 7.60. The van der Waals surface area contributed by atoms with Crippen LogP contribution in [0.25, 0.3) is 0 Å². The summed E-state index contributed by atoms with van der Waals surface area (Å²) in [5, 5.41) is 0.741. The van der Waals surface area contributed by atoms with Crippen molar-refractivity contribution in [3.8, 4) is 0 Å². The van der Waals surface area contributed by atoms with Gasteiger partial charge in [-0.25, -0.2) is 0 Å². The third-order valence-electron chi connectivity index (χ3n) is 2.88. The van der Waals surface area contributed by atoms with E-state index in [9.17, 15) is 0 Å². The average Bonchev–Trinajstić information content (AvgIpc) is 2.31. The normalized spacial score (nSPS) is 31.3. The highest BCUT2D eigenvalue weighted by atomic mass is 79.9. The molecule has 1 rings (SSSR count). The van der Waals surface area contributed by atoms with E-state index in [1.807, 2.05) is 13.8 Å². The van der Waals surface area contributed by atoms with E-state index in [4.69, 9.17) is 32.7 Å². The van der Waals surface area contributed by atoms with Gasteiger partial charge in [-0.1, -0.05) is 55.1 Å². The van der Waals surface area contributed by atoms with E-state index in [-0.39, 0.29) is 9.84 Å². The summed E-state index contributed by atoms with van der Waals surface area (Å²) in [6.45, 7) is 3.80. The van der Waals surface area contributed by atoms with Gasteiger partial charge in [0.25, 0.3) is 0 Å². The van der Waals surface area contributed by atoms with Crippen LogP contribution in [0.1, 0.15) is 20.3 Å². The molecule has 1 aliphatic rings. The van der Waals surface area contributed by atoms with Crippen LogP contribution in [0.2, 0.25) is 0 Å². The van der Waals surface area contributed by atoms with Crippen molar-refractivity contribution in [3.05, 3.63) is 21.7 Å². The minimum absolute atomic E-state index is 0.179. The fourth-order valence-corrected chi connectivity index (χ4v) is 3.36. The minimum atomic E-state index is -0.916. The Kier molecular flexibility index (Phi) is 6.02. The van der Waals surface area contributed by atoms with Crippen molar-refractivity contribution in [2.45, 2.75) is 35.9 Å². The number of methoxy groups -OCH3 is 1. The van der Waals surface area contributed by atoms with Crippen molar-refractivity contribution in [1.29, 1.82) is 0 Å². The highest BCUT2D eigenvalue weighted by molar-refractivity contribution is 9.24. The maximum Gasteiger partial charge on any atom is 0.215 e. The molecule has 0 aliphatic carbocycles. The first kappa shape index (κ1) is 16.0. The lowest BCUT2D eigenvalue weighted by molar-refractivity contribution is -0.208. The first-order chi connectivity index (χ1) is 7.89. The fourth-order valence-electron chi connectivity index (χ4n) is 1.68. The molecule has 1 heterocycles. The predicted molar refractivity (Wildman–Crippen MR) is 79.0 cm³/mol.